The van der Waals surface area contributed by atoms with Crippen LogP contribution in [-0.4, -0.2) is 32.6 Å². The zero-order valence-electron chi connectivity index (χ0n) is 10.6. The van der Waals surface area contributed by atoms with Gasteiger partial charge in [-0.1, -0.05) is 0 Å². The quantitative estimate of drug-likeness (QED) is 0.832. The van der Waals surface area contributed by atoms with Crippen molar-refractivity contribution < 1.29 is 4.74 Å². The van der Waals surface area contributed by atoms with E-state index >= 15 is 0 Å². The van der Waals surface area contributed by atoms with Crippen molar-refractivity contribution in [1.29, 1.82) is 0 Å². The van der Waals surface area contributed by atoms with Crippen molar-refractivity contribution in [2.24, 2.45) is 4.99 Å². The van der Waals surface area contributed by atoms with Crippen LogP contribution in [-0.2, 0) is 0 Å². The third-order valence-corrected chi connectivity index (χ3v) is 3.15. The lowest BCUT2D eigenvalue weighted by Crippen LogP contribution is -2.26. The standard InChI is InChI=1S/C13H19N3O/c1-9-10(2)12(17-3)5-4-11(9)16-8-13-14-6-7-15-13/h4-5,16H,6-8H2,1-3H3,(H,14,15). The molecule has 0 spiro atoms. The summed E-state index contributed by atoms with van der Waals surface area (Å²) in [5, 5.41) is 6.64. The normalized spacial score (nSPS) is 14.2. The van der Waals surface area contributed by atoms with Crippen molar-refractivity contribution in [1.82, 2.24) is 5.32 Å². The fraction of sp³-hybridized carbons (Fsp3) is 0.462. The number of amidine groups is 1. The first-order chi connectivity index (χ1) is 8.22. The molecular weight excluding hydrogens is 214 g/mol. The lowest BCUT2D eigenvalue weighted by atomic mass is 10.1. The number of hydrogen-bond donors (Lipinski definition) is 2. The fourth-order valence-corrected chi connectivity index (χ4v) is 1.95. The second kappa shape index (κ2) is 5.08. The summed E-state index contributed by atoms with van der Waals surface area (Å²) in [6, 6.07) is 4.05. The van der Waals surface area contributed by atoms with Gasteiger partial charge in [-0.15, -0.1) is 0 Å². The molecule has 0 saturated carbocycles. The monoisotopic (exact) mass is 233 g/mol. The number of anilines is 1. The van der Waals surface area contributed by atoms with Crippen LogP contribution in [0.25, 0.3) is 0 Å². The number of benzene rings is 1. The predicted molar refractivity (Wildman–Crippen MR) is 71.3 cm³/mol. The van der Waals surface area contributed by atoms with E-state index in [1.165, 1.54) is 11.1 Å². The summed E-state index contributed by atoms with van der Waals surface area (Å²) in [7, 11) is 1.70. The van der Waals surface area contributed by atoms with E-state index in [1.54, 1.807) is 7.11 Å². The number of aliphatic imine (C=N–C) groups is 1. The number of nitrogens with one attached hydrogen (secondary N) is 2. The van der Waals surface area contributed by atoms with Crippen LogP contribution >= 0.6 is 0 Å². The minimum absolute atomic E-state index is 0.757. The van der Waals surface area contributed by atoms with Crippen LogP contribution < -0.4 is 15.4 Å². The van der Waals surface area contributed by atoms with E-state index in [4.69, 9.17) is 4.74 Å². The minimum Gasteiger partial charge on any atom is -0.496 e. The summed E-state index contributed by atoms with van der Waals surface area (Å²) in [5.74, 6) is 1.97. The zero-order valence-corrected chi connectivity index (χ0v) is 10.6. The molecule has 0 bridgehead atoms. The van der Waals surface area contributed by atoms with Crippen LogP contribution in [0.1, 0.15) is 11.1 Å². The highest BCUT2D eigenvalue weighted by molar-refractivity contribution is 5.87. The second-order valence-corrected chi connectivity index (χ2v) is 4.17. The number of hydrogen-bond acceptors (Lipinski definition) is 4. The maximum Gasteiger partial charge on any atom is 0.122 e. The molecule has 4 heteroatoms. The largest absolute Gasteiger partial charge is 0.496 e. The van der Waals surface area contributed by atoms with Crippen molar-refractivity contribution in [2.45, 2.75) is 13.8 Å². The lowest BCUT2D eigenvalue weighted by molar-refractivity contribution is 0.411. The number of rotatable bonds is 4. The maximum absolute atomic E-state index is 5.29. The highest BCUT2D eigenvalue weighted by atomic mass is 16.5. The Labute approximate surface area is 102 Å². The van der Waals surface area contributed by atoms with Gasteiger partial charge in [0.2, 0.25) is 0 Å². The van der Waals surface area contributed by atoms with Gasteiger partial charge < -0.3 is 15.4 Å². The number of ether oxygens (including phenoxy) is 1. The SMILES string of the molecule is COc1ccc(NCC2=NCCN2)c(C)c1C. The van der Waals surface area contributed by atoms with Crippen molar-refractivity contribution in [3.05, 3.63) is 23.3 Å². The van der Waals surface area contributed by atoms with Crippen molar-refractivity contribution in [3.63, 3.8) is 0 Å². The first kappa shape index (κ1) is 11.8. The van der Waals surface area contributed by atoms with Gasteiger partial charge in [-0.3, -0.25) is 4.99 Å². The van der Waals surface area contributed by atoms with Gasteiger partial charge in [0.25, 0.3) is 0 Å². The molecule has 0 unspecified atom stereocenters. The maximum atomic E-state index is 5.29. The summed E-state index contributed by atoms with van der Waals surface area (Å²) in [4.78, 5) is 4.35. The molecule has 0 atom stereocenters. The third kappa shape index (κ3) is 2.52. The van der Waals surface area contributed by atoms with Crippen LogP contribution in [0.5, 0.6) is 5.75 Å². The molecule has 1 heterocycles. The molecule has 0 radical (unpaired) electrons. The molecule has 4 nitrogen and oxygen atoms in total. The molecule has 92 valence electrons. The van der Waals surface area contributed by atoms with Crippen LogP contribution in [0, 0.1) is 13.8 Å². The van der Waals surface area contributed by atoms with Gasteiger partial charge in [0.1, 0.15) is 11.6 Å². The predicted octanol–water partition coefficient (Wildman–Crippen LogP) is 1.73. The third-order valence-electron chi connectivity index (χ3n) is 3.15. The van der Waals surface area contributed by atoms with E-state index < -0.39 is 0 Å². The van der Waals surface area contributed by atoms with E-state index in [9.17, 15) is 0 Å². The number of nitrogens with zero attached hydrogens (tertiary/aromatic N) is 1. The molecule has 17 heavy (non-hydrogen) atoms. The molecule has 1 aromatic rings. The average molecular weight is 233 g/mol. The Balaban J connectivity index is 2.08. The van der Waals surface area contributed by atoms with Gasteiger partial charge in [-0.25, -0.2) is 0 Å². The summed E-state index contributed by atoms with van der Waals surface area (Å²) in [6.07, 6.45) is 0. The van der Waals surface area contributed by atoms with Gasteiger partial charge >= 0.3 is 0 Å². The highest BCUT2D eigenvalue weighted by Crippen LogP contribution is 2.26. The molecule has 0 amide bonds. The smallest absolute Gasteiger partial charge is 0.122 e. The Morgan fingerprint density at radius 3 is 2.82 bits per heavy atom. The van der Waals surface area contributed by atoms with Gasteiger partial charge in [-0.2, -0.15) is 0 Å². The van der Waals surface area contributed by atoms with Crippen molar-refractivity contribution >= 4 is 11.5 Å². The summed E-state index contributed by atoms with van der Waals surface area (Å²) >= 11 is 0. The first-order valence-electron chi connectivity index (χ1n) is 5.87. The van der Waals surface area contributed by atoms with Gasteiger partial charge in [-0.05, 0) is 37.1 Å². The molecule has 2 N–H and O–H groups in total. The Hall–Kier alpha value is -1.71. The Bertz CT molecular complexity index is 441. The van der Waals surface area contributed by atoms with Crippen LogP contribution in [0.3, 0.4) is 0 Å². The van der Waals surface area contributed by atoms with Crippen LogP contribution in [0.2, 0.25) is 0 Å². The van der Waals surface area contributed by atoms with E-state index in [0.29, 0.717) is 0 Å². The molecule has 1 aliphatic rings. The Morgan fingerprint density at radius 2 is 2.18 bits per heavy atom. The zero-order chi connectivity index (χ0) is 12.3. The summed E-state index contributed by atoms with van der Waals surface area (Å²) in [5.41, 5.74) is 3.54. The van der Waals surface area contributed by atoms with E-state index in [1.807, 2.05) is 6.07 Å². The molecular formula is C13H19N3O. The molecule has 0 aromatic heterocycles. The topological polar surface area (TPSA) is 45.6 Å². The summed E-state index contributed by atoms with van der Waals surface area (Å²) in [6.45, 7) is 6.77. The summed E-state index contributed by atoms with van der Waals surface area (Å²) < 4.78 is 5.29. The molecule has 0 aliphatic carbocycles. The van der Waals surface area contributed by atoms with E-state index in [-0.39, 0.29) is 0 Å². The van der Waals surface area contributed by atoms with Gasteiger partial charge in [0.15, 0.2) is 0 Å². The van der Waals surface area contributed by atoms with E-state index in [2.05, 4.69) is 35.5 Å². The van der Waals surface area contributed by atoms with Crippen LogP contribution in [0.4, 0.5) is 5.69 Å². The van der Waals surface area contributed by atoms with Crippen LogP contribution in [0.15, 0.2) is 17.1 Å². The Morgan fingerprint density at radius 1 is 1.35 bits per heavy atom. The lowest BCUT2D eigenvalue weighted by Gasteiger charge is -2.14. The van der Waals surface area contributed by atoms with E-state index in [0.717, 1.165) is 36.9 Å². The van der Waals surface area contributed by atoms with Gasteiger partial charge in [0.05, 0.1) is 20.2 Å². The Kier molecular flexibility index (Phi) is 3.52. The second-order valence-electron chi connectivity index (χ2n) is 4.17. The molecule has 1 aromatic carbocycles. The highest BCUT2D eigenvalue weighted by Gasteiger charge is 2.08. The first-order valence-corrected chi connectivity index (χ1v) is 5.87. The molecule has 2 rings (SSSR count). The molecule has 0 saturated heterocycles. The number of methoxy groups -OCH3 is 1. The molecule has 1 aliphatic heterocycles. The fourth-order valence-electron chi connectivity index (χ4n) is 1.95. The van der Waals surface area contributed by atoms with Crippen molar-refractivity contribution in [2.75, 3.05) is 32.1 Å². The van der Waals surface area contributed by atoms with Crippen molar-refractivity contribution in [3.8, 4) is 5.75 Å². The average Bonchev–Trinajstić information content (AvgIpc) is 2.84. The van der Waals surface area contributed by atoms with Gasteiger partial charge in [0, 0.05) is 12.2 Å². The molecule has 0 fully saturated rings. The minimum atomic E-state index is 0.757.